The third-order valence-corrected chi connectivity index (χ3v) is 3.79. The number of hydrogen-bond donors (Lipinski definition) is 1. The van der Waals surface area contributed by atoms with E-state index in [1.165, 1.54) is 5.56 Å². The maximum atomic E-state index is 9.84. The topological polar surface area (TPSA) is 23.5 Å². The maximum absolute atomic E-state index is 9.84. The molecule has 2 nitrogen and oxygen atoms in total. The molecule has 0 amide bonds. The second-order valence-corrected chi connectivity index (χ2v) is 5.46. The van der Waals surface area contributed by atoms with Gasteiger partial charge in [-0.05, 0) is 43.0 Å². The van der Waals surface area contributed by atoms with Crippen LogP contribution in [0.5, 0.6) is 5.75 Å². The lowest BCUT2D eigenvalue weighted by Gasteiger charge is -2.22. The molecule has 0 fully saturated rings. The van der Waals surface area contributed by atoms with Crippen LogP contribution in [0.3, 0.4) is 0 Å². The van der Waals surface area contributed by atoms with Crippen LogP contribution in [0, 0.1) is 0 Å². The van der Waals surface area contributed by atoms with Gasteiger partial charge in [0.05, 0.1) is 0 Å². The maximum Gasteiger partial charge on any atom is 0.118 e. The number of phenolic OH excluding ortho intramolecular Hbond substituents is 1. The van der Waals surface area contributed by atoms with Crippen LogP contribution in [-0.2, 0) is 12.8 Å². The molecule has 0 radical (unpaired) electrons. The molecule has 0 spiro atoms. The van der Waals surface area contributed by atoms with Crippen LogP contribution in [0.2, 0.25) is 0 Å². The molecular weight excluding hydrogens is 258 g/mol. The summed E-state index contributed by atoms with van der Waals surface area (Å²) in [5.74, 6) is 0.414. The SMILES string of the molecule is CCCN(CCc1ccccc1)CCc1ccccc1O. The molecular formula is C19H25NO. The summed E-state index contributed by atoms with van der Waals surface area (Å²) in [6, 6.07) is 18.3. The fourth-order valence-corrected chi connectivity index (χ4v) is 2.58. The molecule has 0 aliphatic carbocycles. The fraction of sp³-hybridized carbons (Fsp3) is 0.368. The van der Waals surface area contributed by atoms with Crippen LogP contribution in [0.25, 0.3) is 0 Å². The van der Waals surface area contributed by atoms with Gasteiger partial charge in [0.2, 0.25) is 0 Å². The highest BCUT2D eigenvalue weighted by Gasteiger charge is 2.06. The average molecular weight is 283 g/mol. The van der Waals surface area contributed by atoms with Crippen molar-refractivity contribution in [1.29, 1.82) is 0 Å². The van der Waals surface area contributed by atoms with E-state index in [9.17, 15) is 5.11 Å². The summed E-state index contributed by atoms with van der Waals surface area (Å²) in [5.41, 5.74) is 2.43. The van der Waals surface area contributed by atoms with Crippen molar-refractivity contribution >= 4 is 0 Å². The van der Waals surface area contributed by atoms with E-state index in [1.807, 2.05) is 18.2 Å². The summed E-state index contributed by atoms with van der Waals surface area (Å²) in [7, 11) is 0. The molecule has 0 atom stereocenters. The molecule has 21 heavy (non-hydrogen) atoms. The van der Waals surface area contributed by atoms with Crippen LogP contribution in [0.4, 0.5) is 0 Å². The van der Waals surface area contributed by atoms with Crippen LogP contribution in [-0.4, -0.2) is 29.6 Å². The van der Waals surface area contributed by atoms with Gasteiger partial charge < -0.3 is 10.0 Å². The van der Waals surface area contributed by atoms with Crippen molar-refractivity contribution in [3.63, 3.8) is 0 Å². The number of phenols is 1. The summed E-state index contributed by atoms with van der Waals surface area (Å²) in [6.07, 6.45) is 3.15. The van der Waals surface area contributed by atoms with E-state index in [1.54, 1.807) is 6.07 Å². The molecule has 0 bridgehead atoms. The van der Waals surface area contributed by atoms with E-state index in [-0.39, 0.29) is 0 Å². The first kappa shape index (κ1) is 15.6. The van der Waals surface area contributed by atoms with E-state index in [0.29, 0.717) is 5.75 Å². The van der Waals surface area contributed by atoms with Gasteiger partial charge in [0.15, 0.2) is 0 Å². The van der Waals surface area contributed by atoms with Gasteiger partial charge in [-0.25, -0.2) is 0 Å². The number of rotatable bonds is 8. The van der Waals surface area contributed by atoms with E-state index in [4.69, 9.17) is 0 Å². The first-order valence-electron chi connectivity index (χ1n) is 7.82. The Morgan fingerprint density at radius 2 is 1.48 bits per heavy atom. The highest BCUT2D eigenvalue weighted by molar-refractivity contribution is 5.31. The van der Waals surface area contributed by atoms with Crippen molar-refractivity contribution in [1.82, 2.24) is 4.90 Å². The average Bonchev–Trinajstić information content (AvgIpc) is 2.52. The molecule has 2 aromatic carbocycles. The summed E-state index contributed by atoms with van der Waals surface area (Å²) in [6.45, 7) is 5.40. The largest absolute Gasteiger partial charge is 0.508 e. The van der Waals surface area contributed by atoms with E-state index < -0.39 is 0 Å². The second kappa shape index (κ2) is 8.48. The molecule has 2 rings (SSSR count). The Kier molecular flexibility index (Phi) is 6.29. The lowest BCUT2D eigenvalue weighted by molar-refractivity contribution is 0.280. The molecule has 112 valence electrons. The van der Waals surface area contributed by atoms with E-state index in [2.05, 4.69) is 42.2 Å². The molecule has 0 unspecified atom stereocenters. The Morgan fingerprint density at radius 1 is 0.810 bits per heavy atom. The molecule has 0 aromatic heterocycles. The van der Waals surface area contributed by atoms with Crippen molar-refractivity contribution in [2.75, 3.05) is 19.6 Å². The van der Waals surface area contributed by atoms with Gasteiger partial charge in [-0.15, -0.1) is 0 Å². The van der Waals surface area contributed by atoms with Gasteiger partial charge in [-0.1, -0.05) is 55.5 Å². The zero-order valence-corrected chi connectivity index (χ0v) is 12.8. The van der Waals surface area contributed by atoms with E-state index >= 15 is 0 Å². The van der Waals surface area contributed by atoms with Crippen LogP contribution in [0.1, 0.15) is 24.5 Å². The minimum atomic E-state index is 0.414. The molecule has 0 aliphatic rings. The molecule has 0 aliphatic heterocycles. The molecule has 2 heteroatoms. The number of aromatic hydroxyl groups is 1. The minimum Gasteiger partial charge on any atom is -0.508 e. The number of benzene rings is 2. The van der Waals surface area contributed by atoms with Crippen LogP contribution < -0.4 is 0 Å². The molecule has 0 saturated heterocycles. The highest BCUT2D eigenvalue weighted by atomic mass is 16.3. The van der Waals surface area contributed by atoms with E-state index in [0.717, 1.165) is 44.5 Å². The van der Waals surface area contributed by atoms with Crippen molar-refractivity contribution in [3.05, 3.63) is 65.7 Å². The first-order valence-corrected chi connectivity index (χ1v) is 7.82. The first-order chi connectivity index (χ1) is 10.3. The van der Waals surface area contributed by atoms with Crippen LogP contribution >= 0.6 is 0 Å². The third kappa shape index (κ3) is 5.24. The third-order valence-electron chi connectivity index (χ3n) is 3.79. The highest BCUT2D eigenvalue weighted by Crippen LogP contribution is 2.16. The van der Waals surface area contributed by atoms with Crippen molar-refractivity contribution < 1.29 is 5.11 Å². The van der Waals surface area contributed by atoms with Crippen molar-refractivity contribution in [2.45, 2.75) is 26.2 Å². The number of nitrogens with zero attached hydrogens (tertiary/aromatic N) is 1. The Bertz CT molecular complexity index is 524. The van der Waals surface area contributed by atoms with Gasteiger partial charge >= 0.3 is 0 Å². The molecule has 0 heterocycles. The number of hydrogen-bond acceptors (Lipinski definition) is 2. The van der Waals surface area contributed by atoms with Crippen LogP contribution in [0.15, 0.2) is 54.6 Å². The predicted molar refractivity (Wildman–Crippen MR) is 88.7 cm³/mol. The number of para-hydroxylation sites is 1. The second-order valence-electron chi connectivity index (χ2n) is 5.46. The quantitative estimate of drug-likeness (QED) is 0.794. The Balaban J connectivity index is 1.85. The Morgan fingerprint density at radius 3 is 2.19 bits per heavy atom. The smallest absolute Gasteiger partial charge is 0.118 e. The predicted octanol–water partition coefficient (Wildman–Crippen LogP) is 3.89. The summed E-state index contributed by atoms with van der Waals surface area (Å²) < 4.78 is 0. The molecule has 2 aromatic rings. The summed E-state index contributed by atoms with van der Waals surface area (Å²) >= 11 is 0. The Labute approximate surface area is 128 Å². The normalized spacial score (nSPS) is 11.0. The standard InChI is InChI=1S/C19H25NO/c1-2-14-20(15-12-17-8-4-3-5-9-17)16-13-18-10-6-7-11-19(18)21/h3-11,21H,2,12-16H2,1H3. The Hall–Kier alpha value is -1.80. The lowest BCUT2D eigenvalue weighted by Crippen LogP contribution is -2.29. The zero-order valence-electron chi connectivity index (χ0n) is 12.8. The summed E-state index contributed by atoms with van der Waals surface area (Å²) in [5, 5.41) is 9.84. The van der Waals surface area contributed by atoms with Gasteiger partial charge in [0, 0.05) is 13.1 Å². The minimum absolute atomic E-state index is 0.414. The molecule has 1 N–H and O–H groups in total. The van der Waals surface area contributed by atoms with Gasteiger partial charge in [0.25, 0.3) is 0 Å². The molecule has 0 saturated carbocycles. The fourth-order valence-electron chi connectivity index (χ4n) is 2.58. The monoisotopic (exact) mass is 283 g/mol. The van der Waals surface area contributed by atoms with Crippen molar-refractivity contribution in [2.24, 2.45) is 0 Å². The van der Waals surface area contributed by atoms with Gasteiger partial charge in [-0.2, -0.15) is 0 Å². The lowest BCUT2D eigenvalue weighted by atomic mass is 10.1. The van der Waals surface area contributed by atoms with Gasteiger partial charge in [-0.3, -0.25) is 0 Å². The van der Waals surface area contributed by atoms with Gasteiger partial charge in [0.1, 0.15) is 5.75 Å². The van der Waals surface area contributed by atoms with Crippen molar-refractivity contribution in [3.8, 4) is 5.75 Å². The summed E-state index contributed by atoms with van der Waals surface area (Å²) in [4.78, 5) is 2.49. The zero-order chi connectivity index (χ0) is 14.9.